The zero-order valence-electron chi connectivity index (χ0n) is 11.3. The number of hydrogen-bond donors (Lipinski definition) is 1. The first-order valence-electron chi connectivity index (χ1n) is 6.08. The van der Waals surface area contributed by atoms with Crippen molar-refractivity contribution < 1.29 is 9.59 Å². The molecule has 0 saturated carbocycles. The molecule has 16 heavy (non-hydrogen) atoms. The molecule has 3 heteroatoms. The molecule has 0 aromatic heterocycles. The van der Waals surface area contributed by atoms with Crippen LogP contribution in [0.3, 0.4) is 0 Å². The highest BCUT2D eigenvalue weighted by Gasteiger charge is 2.22. The van der Waals surface area contributed by atoms with Crippen LogP contribution in [0.5, 0.6) is 0 Å². The Kier molecular flexibility index (Phi) is 6.49. The molecule has 3 nitrogen and oxygen atoms in total. The van der Waals surface area contributed by atoms with Crippen LogP contribution in [-0.2, 0) is 9.59 Å². The van der Waals surface area contributed by atoms with Crippen LogP contribution < -0.4 is 5.32 Å². The lowest BCUT2D eigenvalue weighted by molar-refractivity contribution is -0.130. The van der Waals surface area contributed by atoms with Gasteiger partial charge in [-0.1, -0.05) is 34.6 Å². The smallest absolute Gasteiger partial charge is 0.150 e. The summed E-state index contributed by atoms with van der Waals surface area (Å²) >= 11 is 0. The Morgan fingerprint density at radius 3 is 1.88 bits per heavy atom. The van der Waals surface area contributed by atoms with Gasteiger partial charge in [0.25, 0.3) is 0 Å². The maximum absolute atomic E-state index is 11.8. The van der Waals surface area contributed by atoms with Gasteiger partial charge in [-0.3, -0.25) is 9.59 Å². The molecule has 0 aliphatic carbocycles. The zero-order valence-corrected chi connectivity index (χ0v) is 11.3. The van der Waals surface area contributed by atoms with E-state index in [0.717, 1.165) is 0 Å². The number of ketones is 2. The Balaban J connectivity index is 4.18. The largest absolute Gasteiger partial charge is 0.305 e. The number of nitrogens with one attached hydrogen (secondary N) is 1. The molecule has 0 aliphatic rings. The highest BCUT2D eigenvalue weighted by Crippen LogP contribution is 2.12. The molecule has 0 aromatic rings. The molecule has 1 N–H and O–H groups in total. The van der Waals surface area contributed by atoms with E-state index in [1.807, 2.05) is 41.5 Å². The number of Topliss-reactive ketones (excluding diaryl/α,β-unsaturated/α-hetero) is 2. The van der Waals surface area contributed by atoms with Crippen LogP contribution in [0.1, 0.15) is 48.0 Å². The van der Waals surface area contributed by atoms with Gasteiger partial charge in [0.2, 0.25) is 0 Å². The first kappa shape index (κ1) is 15.3. The Labute approximate surface area is 99.0 Å². The fourth-order valence-electron chi connectivity index (χ4n) is 1.74. The van der Waals surface area contributed by atoms with E-state index in [9.17, 15) is 9.59 Å². The van der Waals surface area contributed by atoms with Crippen molar-refractivity contribution in [2.45, 2.75) is 60.0 Å². The third-order valence-electron chi connectivity index (χ3n) is 2.63. The summed E-state index contributed by atoms with van der Waals surface area (Å²) in [4.78, 5) is 23.5. The van der Waals surface area contributed by atoms with Gasteiger partial charge in [-0.05, 0) is 6.92 Å². The molecule has 0 saturated heterocycles. The van der Waals surface area contributed by atoms with Gasteiger partial charge in [-0.2, -0.15) is 0 Å². The summed E-state index contributed by atoms with van der Waals surface area (Å²) in [6.45, 7) is 11.5. The van der Waals surface area contributed by atoms with Crippen LogP contribution in [0, 0.1) is 11.8 Å². The predicted octanol–water partition coefficient (Wildman–Crippen LogP) is 2.19. The molecule has 0 rings (SSSR count). The van der Waals surface area contributed by atoms with E-state index >= 15 is 0 Å². The molecule has 0 unspecified atom stereocenters. The predicted molar refractivity (Wildman–Crippen MR) is 66.4 cm³/mol. The molecule has 0 spiro atoms. The van der Waals surface area contributed by atoms with E-state index in [1.165, 1.54) is 0 Å². The summed E-state index contributed by atoms with van der Waals surface area (Å²) in [5.74, 6) is 0.139. The van der Waals surface area contributed by atoms with Crippen molar-refractivity contribution in [1.82, 2.24) is 5.32 Å². The first-order chi connectivity index (χ1) is 7.25. The van der Waals surface area contributed by atoms with Crippen molar-refractivity contribution in [3.05, 3.63) is 0 Å². The topological polar surface area (TPSA) is 46.2 Å². The molecule has 0 aliphatic heterocycles. The van der Waals surface area contributed by atoms with Gasteiger partial charge in [0.15, 0.2) is 0 Å². The van der Waals surface area contributed by atoms with Crippen LogP contribution in [0.15, 0.2) is 0 Å². The van der Waals surface area contributed by atoms with Crippen molar-refractivity contribution in [3.8, 4) is 0 Å². The number of carbonyl (C=O) groups excluding carboxylic acids is 2. The van der Waals surface area contributed by atoms with Gasteiger partial charge in [-0.25, -0.2) is 0 Å². The molecule has 2 atom stereocenters. The Hall–Kier alpha value is -0.700. The van der Waals surface area contributed by atoms with Gasteiger partial charge in [0.1, 0.15) is 11.6 Å². The van der Waals surface area contributed by atoms with Gasteiger partial charge < -0.3 is 5.32 Å². The van der Waals surface area contributed by atoms with E-state index < -0.39 is 0 Å². The van der Waals surface area contributed by atoms with Crippen LogP contribution in [0.4, 0.5) is 0 Å². The maximum atomic E-state index is 11.8. The molecule has 0 aromatic carbocycles. The zero-order chi connectivity index (χ0) is 12.9. The van der Waals surface area contributed by atoms with E-state index in [0.29, 0.717) is 6.42 Å². The molecule has 0 fully saturated rings. The average Bonchev–Trinajstić information content (AvgIpc) is 2.14. The van der Waals surface area contributed by atoms with Crippen LogP contribution in [0.2, 0.25) is 0 Å². The van der Waals surface area contributed by atoms with E-state index in [1.54, 1.807) is 0 Å². The summed E-state index contributed by atoms with van der Waals surface area (Å²) in [5, 5.41) is 3.16. The minimum Gasteiger partial charge on any atom is -0.305 e. The van der Waals surface area contributed by atoms with Crippen LogP contribution >= 0.6 is 0 Å². The number of rotatable bonds is 7. The van der Waals surface area contributed by atoms with Crippen molar-refractivity contribution in [3.63, 3.8) is 0 Å². The van der Waals surface area contributed by atoms with Crippen molar-refractivity contribution in [2.24, 2.45) is 11.8 Å². The monoisotopic (exact) mass is 227 g/mol. The minimum absolute atomic E-state index is 0.0103. The number of carbonyl (C=O) groups is 2. The highest BCUT2D eigenvalue weighted by atomic mass is 16.1. The average molecular weight is 227 g/mol. The minimum atomic E-state index is -0.164. The Bertz CT molecular complexity index is 246. The van der Waals surface area contributed by atoms with Gasteiger partial charge in [0, 0.05) is 24.3 Å². The molecule has 0 radical (unpaired) electrons. The van der Waals surface area contributed by atoms with Crippen LogP contribution in [0.25, 0.3) is 0 Å². The third kappa shape index (κ3) is 5.40. The van der Waals surface area contributed by atoms with E-state index in [-0.39, 0.29) is 35.5 Å². The lowest BCUT2D eigenvalue weighted by Gasteiger charge is -2.18. The third-order valence-corrected chi connectivity index (χ3v) is 2.63. The van der Waals surface area contributed by atoms with E-state index in [4.69, 9.17) is 0 Å². The van der Waals surface area contributed by atoms with Gasteiger partial charge in [-0.15, -0.1) is 0 Å². The second-order valence-corrected chi connectivity index (χ2v) is 5.17. The standard InChI is InChI=1S/C13H25NO2/c1-8(2)13(16)10(5)7-12(15)11(6)14-9(3)4/h8-11,14H,7H2,1-6H3/t10-,11+/m0/s1. The Morgan fingerprint density at radius 1 is 1.00 bits per heavy atom. The molecular formula is C13H25NO2. The quantitative estimate of drug-likeness (QED) is 0.725. The van der Waals surface area contributed by atoms with Gasteiger partial charge in [0.05, 0.1) is 6.04 Å². The maximum Gasteiger partial charge on any atom is 0.150 e. The molecular weight excluding hydrogens is 202 g/mol. The summed E-state index contributed by atoms with van der Waals surface area (Å²) in [5.41, 5.74) is 0. The lowest BCUT2D eigenvalue weighted by atomic mass is 9.91. The summed E-state index contributed by atoms with van der Waals surface area (Å²) in [7, 11) is 0. The fraction of sp³-hybridized carbons (Fsp3) is 0.846. The summed E-state index contributed by atoms with van der Waals surface area (Å²) in [6.07, 6.45) is 0.345. The van der Waals surface area contributed by atoms with E-state index in [2.05, 4.69) is 5.32 Å². The normalized spacial score (nSPS) is 15.2. The van der Waals surface area contributed by atoms with Crippen molar-refractivity contribution >= 4 is 11.6 Å². The Morgan fingerprint density at radius 2 is 1.50 bits per heavy atom. The lowest BCUT2D eigenvalue weighted by Crippen LogP contribution is -2.39. The molecule has 0 amide bonds. The van der Waals surface area contributed by atoms with Crippen molar-refractivity contribution in [2.75, 3.05) is 0 Å². The second kappa shape index (κ2) is 6.79. The summed E-state index contributed by atoms with van der Waals surface area (Å²) < 4.78 is 0. The first-order valence-corrected chi connectivity index (χ1v) is 6.08. The molecule has 0 heterocycles. The van der Waals surface area contributed by atoms with Crippen LogP contribution in [-0.4, -0.2) is 23.7 Å². The summed E-state index contributed by atoms with van der Waals surface area (Å²) in [6, 6.07) is 0.123. The second-order valence-electron chi connectivity index (χ2n) is 5.17. The fourth-order valence-corrected chi connectivity index (χ4v) is 1.74. The highest BCUT2D eigenvalue weighted by molar-refractivity contribution is 5.90. The van der Waals surface area contributed by atoms with Crippen molar-refractivity contribution in [1.29, 1.82) is 0 Å². The SMILES string of the molecule is CC(C)N[C@H](C)C(=O)C[C@H](C)C(=O)C(C)C. The molecule has 0 bridgehead atoms. The number of hydrogen-bond acceptors (Lipinski definition) is 3. The molecule has 94 valence electrons. The van der Waals surface area contributed by atoms with Gasteiger partial charge >= 0.3 is 0 Å².